The summed E-state index contributed by atoms with van der Waals surface area (Å²) in [4.78, 5) is 21.4. The molecule has 0 fully saturated rings. The third-order valence-corrected chi connectivity index (χ3v) is 6.93. The second-order valence-corrected chi connectivity index (χ2v) is 9.34. The molecule has 29 heavy (non-hydrogen) atoms. The van der Waals surface area contributed by atoms with Gasteiger partial charge in [0.15, 0.2) is 10.8 Å². The smallest absolute Gasteiger partial charge is 0.309 e. The standard InChI is InChI=1S/C17H13ClF3N5OS2/c1-6-7(2)28-15-11(6)14(27)22-12(23-15)8(3)29-16-25-24-13-10(18)4-9(5-26(13)16)17(19,20)21/h4-5,8H,1-3H3,(H,22,23,27)/t8-/m1/s1. The van der Waals surface area contributed by atoms with Gasteiger partial charge in [-0.2, -0.15) is 13.2 Å². The molecule has 4 aromatic heterocycles. The molecule has 0 aliphatic rings. The van der Waals surface area contributed by atoms with Gasteiger partial charge in [0.25, 0.3) is 5.56 Å². The lowest BCUT2D eigenvalue weighted by Crippen LogP contribution is -2.12. The lowest BCUT2D eigenvalue weighted by Gasteiger charge is -2.11. The number of aromatic amines is 1. The van der Waals surface area contributed by atoms with E-state index >= 15 is 0 Å². The van der Waals surface area contributed by atoms with Crippen LogP contribution < -0.4 is 5.56 Å². The fourth-order valence-electron chi connectivity index (χ4n) is 2.85. The second-order valence-electron chi connectivity index (χ2n) is 6.43. The lowest BCUT2D eigenvalue weighted by atomic mass is 10.2. The molecule has 4 rings (SSSR count). The number of aryl methyl sites for hydroxylation is 2. The van der Waals surface area contributed by atoms with Crippen molar-refractivity contribution in [1.29, 1.82) is 0 Å². The Balaban J connectivity index is 1.74. The first-order chi connectivity index (χ1) is 13.6. The van der Waals surface area contributed by atoms with Gasteiger partial charge in [-0.1, -0.05) is 23.4 Å². The van der Waals surface area contributed by atoms with Crippen molar-refractivity contribution < 1.29 is 13.2 Å². The summed E-state index contributed by atoms with van der Waals surface area (Å²) in [7, 11) is 0. The Morgan fingerprint density at radius 3 is 2.72 bits per heavy atom. The summed E-state index contributed by atoms with van der Waals surface area (Å²) in [6.07, 6.45) is -3.65. The summed E-state index contributed by atoms with van der Waals surface area (Å²) in [5.41, 5.74) is -0.131. The molecular formula is C17H13ClF3N5OS2. The third kappa shape index (κ3) is 3.51. The average molecular weight is 460 g/mol. The van der Waals surface area contributed by atoms with Crippen molar-refractivity contribution in [3.05, 3.63) is 49.5 Å². The highest BCUT2D eigenvalue weighted by atomic mass is 35.5. The maximum absolute atomic E-state index is 13.1. The summed E-state index contributed by atoms with van der Waals surface area (Å²) in [6.45, 7) is 5.56. The Morgan fingerprint density at radius 1 is 1.31 bits per heavy atom. The molecule has 0 radical (unpaired) electrons. The monoisotopic (exact) mass is 459 g/mol. The molecule has 152 valence electrons. The highest BCUT2D eigenvalue weighted by molar-refractivity contribution is 7.99. The van der Waals surface area contributed by atoms with Crippen molar-refractivity contribution in [2.24, 2.45) is 0 Å². The van der Waals surface area contributed by atoms with Gasteiger partial charge in [-0.15, -0.1) is 21.5 Å². The predicted octanol–water partition coefficient (Wildman–Crippen LogP) is 5.17. The number of halogens is 4. The normalized spacial score (nSPS) is 13.5. The number of thioether (sulfide) groups is 1. The van der Waals surface area contributed by atoms with Crippen LogP contribution in [0.3, 0.4) is 0 Å². The molecule has 1 atom stereocenters. The van der Waals surface area contributed by atoms with Gasteiger partial charge in [-0.05, 0) is 32.4 Å². The first kappa shape index (κ1) is 20.2. The van der Waals surface area contributed by atoms with Crippen molar-refractivity contribution in [2.45, 2.75) is 37.4 Å². The topological polar surface area (TPSA) is 75.9 Å². The van der Waals surface area contributed by atoms with Crippen LogP contribution in [0.1, 0.15) is 34.0 Å². The molecule has 0 aliphatic carbocycles. The molecule has 0 spiro atoms. The van der Waals surface area contributed by atoms with Crippen LogP contribution in [0.4, 0.5) is 13.2 Å². The third-order valence-electron chi connectivity index (χ3n) is 4.48. The van der Waals surface area contributed by atoms with Crippen molar-refractivity contribution in [3.8, 4) is 0 Å². The molecule has 4 aromatic rings. The van der Waals surface area contributed by atoms with Crippen LogP contribution in [-0.4, -0.2) is 24.6 Å². The maximum Gasteiger partial charge on any atom is 0.417 e. The Labute approximate surface area is 175 Å². The number of rotatable bonds is 3. The predicted molar refractivity (Wildman–Crippen MR) is 107 cm³/mol. The van der Waals surface area contributed by atoms with Gasteiger partial charge in [-0.3, -0.25) is 9.20 Å². The molecule has 0 saturated carbocycles. The quantitative estimate of drug-likeness (QED) is 0.428. The molecule has 1 N–H and O–H groups in total. The molecule has 12 heteroatoms. The van der Waals surface area contributed by atoms with Crippen LogP contribution >= 0.6 is 34.7 Å². The Morgan fingerprint density at radius 2 is 2.03 bits per heavy atom. The Bertz CT molecular complexity index is 1310. The molecule has 0 unspecified atom stereocenters. The molecule has 0 aromatic carbocycles. The van der Waals surface area contributed by atoms with E-state index in [-0.39, 0.29) is 21.4 Å². The van der Waals surface area contributed by atoms with E-state index in [0.29, 0.717) is 16.0 Å². The zero-order valence-corrected chi connectivity index (χ0v) is 17.6. The average Bonchev–Trinajstić information content (AvgIpc) is 3.16. The Hall–Kier alpha value is -2.11. The molecule has 0 amide bonds. The van der Waals surface area contributed by atoms with E-state index in [1.165, 1.54) is 15.7 Å². The number of alkyl halides is 3. The number of aromatic nitrogens is 5. The number of H-pyrrole nitrogens is 1. The second kappa shape index (κ2) is 6.99. The molecule has 0 bridgehead atoms. The van der Waals surface area contributed by atoms with Crippen molar-refractivity contribution in [3.63, 3.8) is 0 Å². The van der Waals surface area contributed by atoms with E-state index in [0.717, 1.165) is 34.5 Å². The maximum atomic E-state index is 13.1. The number of thiophene rings is 1. The molecule has 6 nitrogen and oxygen atoms in total. The van der Waals surface area contributed by atoms with E-state index in [1.54, 1.807) is 6.92 Å². The molecule has 0 aliphatic heterocycles. The molecule has 4 heterocycles. The van der Waals surface area contributed by atoms with Gasteiger partial charge < -0.3 is 4.98 Å². The van der Waals surface area contributed by atoms with Crippen LogP contribution in [-0.2, 0) is 6.18 Å². The van der Waals surface area contributed by atoms with Crippen LogP contribution in [0.2, 0.25) is 5.02 Å². The minimum atomic E-state index is -4.55. The van der Waals surface area contributed by atoms with Gasteiger partial charge in [-0.25, -0.2) is 4.98 Å². The molecular weight excluding hydrogens is 447 g/mol. The number of nitrogens with zero attached hydrogens (tertiary/aromatic N) is 4. The van der Waals surface area contributed by atoms with E-state index in [9.17, 15) is 18.0 Å². The number of fused-ring (bicyclic) bond motifs is 2. The summed E-state index contributed by atoms with van der Waals surface area (Å²) in [5.74, 6) is 0.406. The number of hydrogen-bond donors (Lipinski definition) is 1. The number of pyridine rings is 1. The van der Waals surface area contributed by atoms with Crippen LogP contribution in [0.25, 0.3) is 15.9 Å². The van der Waals surface area contributed by atoms with Crippen molar-refractivity contribution in [1.82, 2.24) is 24.6 Å². The van der Waals surface area contributed by atoms with Gasteiger partial charge in [0, 0.05) is 11.1 Å². The van der Waals surface area contributed by atoms with Crippen LogP contribution in [0, 0.1) is 13.8 Å². The van der Waals surface area contributed by atoms with Gasteiger partial charge in [0.05, 0.1) is 21.2 Å². The summed E-state index contributed by atoms with van der Waals surface area (Å²) in [5, 5.41) is 8.05. The summed E-state index contributed by atoms with van der Waals surface area (Å²) in [6, 6.07) is 0.817. The number of nitrogens with one attached hydrogen (secondary N) is 1. The first-order valence-corrected chi connectivity index (χ1v) is 10.4. The summed E-state index contributed by atoms with van der Waals surface area (Å²) < 4.78 is 40.6. The van der Waals surface area contributed by atoms with Gasteiger partial charge in [0.2, 0.25) is 0 Å². The van der Waals surface area contributed by atoms with Crippen LogP contribution in [0.15, 0.2) is 22.2 Å². The van der Waals surface area contributed by atoms with Gasteiger partial charge >= 0.3 is 6.18 Å². The van der Waals surface area contributed by atoms with Crippen molar-refractivity contribution in [2.75, 3.05) is 0 Å². The van der Waals surface area contributed by atoms with Crippen molar-refractivity contribution >= 4 is 50.6 Å². The minimum absolute atomic E-state index is 0.121. The van der Waals surface area contributed by atoms with E-state index in [1.807, 2.05) is 13.8 Å². The zero-order valence-electron chi connectivity index (χ0n) is 15.3. The minimum Gasteiger partial charge on any atom is -0.309 e. The zero-order chi connectivity index (χ0) is 21.1. The van der Waals surface area contributed by atoms with Crippen LogP contribution in [0.5, 0.6) is 0 Å². The fraction of sp³-hybridized carbons (Fsp3) is 0.294. The summed E-state index contributed by atoms with van der Waals surface area (Å²) >= 11 is 8.50. The van der Waals surface area contributed by atoms with E-state index in [2.05, 4.69) is 20.2 Å². The fourth-order valence-corrected chi connectivity index (χ4v) is 5.01. The van der Waals surface area contributed by atoms with E-state index in [4.69, 9.17) is 11.6 Å². The lowest BCUT2D eigenvalue weighted by molar-refractivity contribution is -0.137. The van der Waals surface area contributed by atoms with E-state index < -0.39 is 17.0 Å². The number of hydrogen-bond acceptors (Lipinski definition) is 6. The molecule has 0 saturated heterocycles. The highest BCUT2D eigenvalue weighted by Crippen LogP contribution is 2.37. The SMILES string of the molecule is Cc1sc2nc([C@@H](C)Sc3nnc4c(Cl)cc(C(F)(F)F)cn34)[nH]c(=O)c2c1C. The first-order valence-electron chi connectivity index (χ1n) is 8.34. The highest BCUT2D eigenvalue weighted by Gasteiger charge is 2.32. The largest absolute Gasteiger partial charge is 0.417 e. The Kier molecular flexibility index (Phi) is 4.87. The van der Waals surface area contributed by atoms with Gasteiger partial charge in [0.1, 0.15) is 10.7 Å².